The predicted octanol–water partition coefficient (Wildman–Crippen LogP) is 6.34. The summed E-state index contributed by atoms with van der Waals surface area (Å²) in [6.45, 7) is 1.39. The number of rotatable bonds is 3. The number of para-hydroxylation sites is 2. The van der Waals surface area contributed by atoms with Gasteiger partial charge in [-0.15, -0.1) is 0 Å². The summed E-state index contributed by atoms with van der Waals surface area (Å²) in [6.07, 6.45) is -5.05. The molecule has 0 saturated heterocycles. The molecule has 0 saturated carbocycles. The van der Waals surface area contributed by atoms with E-state index in [0.29, 0.717) is 25.2 Å². The van der Waals surface area contributed by atoms with Crippen LogP contribution in [0.5, 0.6) is 0 Å². The first-order valence-corrected chi connectivity index (χ1v) is 12.1. The van der Waals surface area contributed by atoms with Crippen molar-refractivity contribution >= 4 is 34.2 Å². The summed E-state index contributed by atoms with van der Waals surface area (Å²) in [4.78, 5) is 19.9. The first-order valence-electron chi connectivity index (χ1n) is 12.1. The monoisotopic (exact) mass is 522 g/mol. The van der Waals surface area contributed by atoms with Gasteiger partial charge in [-0.05, 0) is 41.8 Å². The standard InChI is InChI=1S/C28H22F4N4O2/c29-22-9-4-8-21-24(15-25(37)38)36(19-7-3-6-18(14-19)28(30,31)32)27(33-26(21)22)34-11-12-35-20(16-34)13-17-5-1-2-10-23(17)35/h1-10,13-14,24H,11-12,15-16H2,(H,37,38). The summed E-state index contributed by atoms with van der Waals surface area (Å²) in [5.41, 5.74) is 1.61. The van der Waals surface area contributed by atoms with E-state index in [4.69, 9.17) is 0 Å². The molecule has 3 aromatic carbocycles. The normalized spacial score (nSPS) is 17.3. The second kappa shape index (κ2) is 8.90. The van der Waals surface area contributed by atoms with Crippen LogP contribution in [-0.4, -0.2) is 33.0 Å². The topological polar surface area (TPSA) is 61.1 Å². The highest BCUT2D eigenvalue weighted by Gasteiger charge is 2.39. The lowest BCUT2D eigenvalue weighted by Gasteiger charge is -2.43. The molecular formula is C28H22F4N4O2. The Morgan fingerprint density at radius 1 is 1.00 bits per heavy atom. The number of carboxylic acid groups (broad SMARTS) is 1. The lowest BCUT2D eigenvalue weighted by Crippen LogP contribution is -2.50. The Kier molecular flexibility index (Phi) is 5.62. The molecule has 1 aromatic heterocycles. The maximum atomic E-state index is 15.0. The fraction of sp³-hybridized carbons (Fsp3) is 0.214. The number of hydrogen-bond acceptors (Lipinski definition) is 4. The first-order chi connectivity index (χ1) is 18.2. The number of aromatic nitrogens is 1. The molecule has 1 atom stereocenters. The second-order valence-corrected chi connectivity index (χ2v) is 9.39. The van der Waals surface area contributed by atoms with Crippen LogP contribution in [0.3, 0.4) is 0 Å². The summed E-state index contributed by atoms with van der Waals surface area (Å²) in [5, 5.41) is 10.8. The van der Waals surface area contributed by atoms with Crippen molar-refractivity contribution in [2.24, 2.45) is 4.99 Å². The molecule has 0 aliphatic carbocycles. The van der Waals surface area contributed by atoms with Gasteiger partial charge in [0.1, 0.15) is 11.5 Å². The van der Waals surface area contributed by atoms with E-state index in [1.165, 1.54) is 29.2 Å². The Hall–Kier alpha value is -4.34. The molecule has 194 valence electrons. The molecule has 0 fully saturated rings. The Labute approximate surface area is 215 Å². The van der Waals surface area contributed by atoms with Crippen molar-refractivity contribution in [2.75, 3.05) is 11.4 Å². The zero-order chi connectivity index (χ0) is 26.6. The number of anilines is 1. The predicted molar refractivity (Wildman–Crippen MR) is 135 cm³/mol. The van der Waals surface area contributed by atoms with Crippen LogP contribution in [0.1, 0.15) is 29.3 Å². The molecule has 0 amide bonds. The van der Waals surface area contributed by atoms with Gasteiger partial charge in [-0.2, -0.15) is 13.2 Å². The zero-order valence-electron chi connectivity index (χ0n) is 20.0. The molecule has 4 aromatic rings. The summed E-state index contributed by atoms with van der Waals surface area (Å²) in [7, 11) is 0. The molecule has 0 spiro atoms. The summed E-state index contributed by atoms with van der Waals surface area (Å²) in [6, 6.07) is 18.0. The molecule has 6 rings (SSSR count). The van der Waals surface area contributed by atoms with Crippen LogP contribution in [0.15, 0.2) is 77.8 Å². The quantitative estimate of drug-likeness (QED) is 0.319. The van der Waals surface area contributed by atoms with Crippen molar-refractivity contribution in [3.63, 3.8) is 0 Å². The maximum absolute atomic E-state index is 15.0. The van der Waals surface area contributed by atoms with E-state index < -0.39 is 36.0 Å². The third-order valence-corrected chi connectivity index (χ3v) is 7.06. The lowest BCUT2D eigenvalue weighted by molar-refractivity contribution is -0.138. The van der Waals surface area contributed by atoms with Gasteiger partial charge in [-0.3, -0.25) is 4.79 Å². The molecule has 2 aliphatic heterocycles. The number of alkyl halides is 3. The Balaban J connectivity index is 1.51. The summed E-state index contributed by atoms with van der Waals surface area (Å²) < 4.78 is 58.1. The first kappa shape index (κ1) is 24.0. The van der Waals surface area contributed by atoms with Gasteiger partial charge in [-0.25, -0.2) is 9.38 Å². The number of halogens is 4. The molecule has 6 nitrogen and oxygen atoms in total. The minimum atomic E-state index is -4.60. The molecule has 1 N–H and O–H groups in total. The van der Waals surface area contributed by atoms with Gasteiger partial charge < -0.3 is 19.5 Å². The van der Waals surface area contributed by atoms with Crippen molar-refractivity contribution in [1.29, 1.82) is 0 Å². The zero-order valence-corrected chi connectivity index (χ0v) is 20.0. The van der Waals surface area contributed by atoms with Gasteiger partial charge in [0.2, 0.25) is 5.96 Å². The number of fused-ring (bicyclic) bond motifs is 4. The summed E-state index contributed by atoms with van der Waals surface area (Å²) in [5.74, 6) is -1.57. The Bertz CT molecular complexity index is 1590. The number of aliphatic carboxylic acids is 1. The number of carboxylic acids is 1. The maximum Gasteiger partial charge on any atom is 0.416 e. The van der Waals surface area contributed by atoms with E-state index in [2.05, 4.69) is 9.56 Å². The third kappa shape index (κ3) is 4.06. The van der Waals surface area contributed by atoms with Gasteiger partial charge in [0.25, 0.3) is 0 Å². The molecule has 10 heteroatoms. The van der Waals surface area contributed by atoms with Gasteiger partial charge in [0, 0.05) is 35.6 Å². The lowest BCUT2D eigenvalue weighted by atomic mass is 9.97. The molecule has 3 heterocycles. The van der Waals surface area contributed by atoms with Crippen LogP contribution in [0.25, 0.3) is 10.9 Å². The third-order valence-electron chi connectivity index (χ3n) is 7.06. The number of guanidine groups is 1. The van der Waals surface area contributed by atoms with Crippen LogP contribution in [0.2, 0.25) is 0 Å². The minimum absolute atomic E-state index is 0.00286. The number of benzene rings is 3. The average Bonchev–Trinajstić information content (AvgIpc) is 3.26. The van der Waals surface area contributed by atoms with E-state index in [9.17, 15) is 23.1 Å². The fourth-order valence-electron chi connectivity index (χ4n) is 5.40. The van der Waals surface area contributed by atoms with Gasteiger partial charge >= 0.3 is 12.1 Å². The summed E-state index contributed by atoms with van der Waals surface area (Å²) >= 11 is 0. The van der Waals surface area contributed by atoms with Crippen LogP contribution < -0.4 is 4.90 Å². The Morgan fingerprint density at radius 3 is 2.58 bits per heavy atom. The van der Waals surface area contributed by atoms with Crippen LogP contribution in [0.4, 0.5) is 28.9 Å². The SMILES string of the molecule is O=C(O)CC1c2cccc(F)c2N=C(N2CCn3c(cc4ccccc43)C2)N1c1cccc(C(F)(F)F)c1. The minimum Gasteiger partial charge on any atom is -0.481 e. The van der Waals surface area contributed by atoms with Gasteiger partial charge in [0.05, 0.1) is 24.6 Å². The van der Waals surface area contributed by atoms with Crippen molar-refractivity contribution in [1.82, 2.24) is 9.47 Å². The van der Waals surface area contributed by atoms with Crippen molar-refractivity contribution in [2.45, 2.75) is 31.7 Å². The van der Waals surface area contributed by atoms with Crippen molar-refractivity contribution < 1.29 is 27.5 Å². The molecule has 0 radical (unpaired) electrons. The van der Waals surface area contributed by atoms with E-state index in [1.807, 2.05) is 35.2 Å². The highest BCUT2D eigenvalue weighted by molar-refractivity contribution is 6.01. The number of nitrogens with zero attached hydrogens (tertiary/aromatic N) is 4. The number of hydrogen-bond donors (Lipinski definition) is 1. The van der Waals surface area contributed by atoms with E-state index in [0.717, 1.165) is 28.7 Å². The van der Waals surface area contributed by atoms with Crippen LogP contribution >= 0.6 is 0 Å². The van der Waals surface area contributed by atoms with E-state index in [1.54, 1.807) is 6.07 Å². The van der Waals surface area contributed by atoms with E-state index >= 15 is 4.39 Å². The van der Waals surface area contributed by atoms with Crippen LogP contribution in [0, 0.1) is 5.82 Å². The molecular weight excluding hydrogens is 500 g/mol. The van der Waals surface area contributed by atoms with Gasteiger partial charge in [0.15, 0.2) is 0 Å². The molecule has 2 aliphatic rings. The molecule has 1 unspecified atom stereocenters. The molecule has 0 bridgehead atoms. The van der Waals surface area contributed by atoms with Crippen molar-refractivity contribution in [3.05, 3.63) is 95.4 Å². The number of aliphatic imine (C=N–C) groups is 1. The second-order valence-electron chi connectivity index (χ2n) is 9.39. The average molecular weight is 523 g/mol. The number of carbonyl (C=O) groups is 1. The van der Waals surface area contributed by atoms with Crippen LogP contribution in [-0.2, 0) is 24.1 Å². The van der Waals surface area contributed by atoms with E-state index in [-0.39, 0.29) is 17.3 Å². The smallest absolute Gasteiger partial charge is 0.416 e. The highest BCUT2D eigenvalue weighted by Crippen LogP contribution is 2.43. The molecule has 38 heavy (non-hydrogen) atoms. The van der Waals surface area contributed by atoms with Gasteiger partial charge in [-0.1, -0.05) is 36.4 Å². The van der Waals surface area contributed by atoms with Crippen molar-refractivity contribution in [3.8, 4) is 0 Å². The fourth-order valence-corrected chi connectivity index (χ4v) is 5.40. The highest BCUT2D eigenvalue weighted by atomic mass is 19.4. The Morgan fingerprint density at radius 2 is 1.79 bits per heavy atom. The largest absolute Gasteiger partial charge is 0.481 e.